The number of benzene rings is 2. The van der Waals surface area contributed by atoms with Crippen LogP contribution in [0, 0.1) is 11.8 Å². The number of hydrogen-bond donors (Lipinski definition) is 15. The Hall–Kier alpha value is -10.3. The lowest BCUT2D eigenvalue weighted by Gasteiger charge is -2.34. The van der Waals surface area contributed by atoms with Gasteiger partial charge in [-0.25, -0.2) is 4.98 Å². The summed E-state index contributed by atoms with van der Waals surface area (Å²) in [5.41, 5.74) is 8.10. The van der Waals surface area contributed by atoms with E-state index in [1.165, 1.54) is 19.4 Å². The van der Waals surface area contributed by atoms with Crippen LogP contribution >= 0.6 is 0 Å². The molecule has 0 spiro atoms. The van der Waals surface area contributed by atoms with Gasteiger partial charge >= 0.3 is 17.9 Å². The van der Waals surface area contributed by atoms with Crippen molar-refractivity contribution in [2.45, 2.75) is 160 Å². The Kier molecular flexibility index (Phi) is 35.5. The van der Waals surface area contributed by atoms with E-state index in [-0.39, 0.29) is 146 Å². The number of likely N-dealkylation sites (tertiary alicyclic amines) is 2. The van der Waals surface area contributed by atoms with Crippen LogP contribution in [0.5, 0.6) is 0 Å². The van der Waals surface area contributed by atoms with Crippen LogP contribution in [-0.2, 0) is 86.4 Å². The highest BCUT2D eigenvalue weighted by molar-refractivity contribution is 5.98. The van der Waals surface area contributed by atoms with Crippen LogP contribution in [0.3, 0.4) is 0 Å². The first kappa shape index (κ1) is 88.9. The zero-order chi connectivity index (χ0) is 81.6. The number of nitrogens with one attached hydrogen (secondary N) is 11. The van der Waals surface area contributed by atoms with Gasteiger partial charge < -0.3 is 78.9 Å². The number of nitrogens with zero attached hydrogens (tertiary/aromatic N) is 7. The number of primary amides is 1. The number of Topliss-reactive ketones (excluding diaryl/α,β-unsaturated/α-hetero) is 1. The molecular weight excluding hydrogens is 1450 g/mol. The fourth-order valence-corrected chi connectivity index (χ4v) is 14.2. The summed E-state index contributed by atoms with van der Waals surface area (Å²) in [6, 6.07) is 7.01. The summed E-state index contributed by atoms with van der Waals surface area (Å²) >= 11 is 0. The topological polar surface area (TPSA) is 498 Å². The Labute approximate surface area is 651 Å². The quantitative estimate of drug-likeness (QED) is 0.0219. The van der Waals surface area contributed by atoms with Gasteiger partial charge in [0.15, 0.2) is 0 Å². The molecule has 2 aromatic heterocycles. The number of nitrogens with two attached hydrogens (primary N) is 1. The van der Waals surface area contributed by atoms with Crippen molar-refractivity contribution in [3.05, 3.63) is 90.1 Å². The number of carboxylic acid groups (broad SMARTS) is 3. The number of carbonyl (C=O) groups is 14. The third-order valence-corrected chi connectivity index (χ3v) is 20.1. The Balaban J connectivity index is 0.971. The molecular formula is C76H113N19O17. The molecule has 112 heavy (non-hydrogen) atoms. The molecule has 36 nitrogen and oxygen atoms in total. The Morgan fingerprint density at radius 2 is 1.06 bits per heavy atom. The molecule has 8 atom stereocenters. The van der Waals surface area contributed by atoms with Crippen molar-refractivity contribution in [3.8, 4) is 0 Å². The second-order valence-electron chi connectivity index (χ2n) is 30.1. The van der Waals surface area contributed by atoms with Gasteiger partial charge in [-0.1, -0.05) is 76.2 Å². The highest BCUT2D eigenvalue weighted by atomic mass is 16.4. The lowest BCUT2D eigenvalue weighted by molar-refractivity contribution is -0.140. The van der Waals surface area contributed by atoms with Crippen molar-refractivity contribution >= 4 is 93.7 Å². The number of rotatable bonds is 41. The van der Waals surface area contributed by atoms with Gasteiger partial charge in [-0.2, -0.15) is 0 Å². The van der Waals surface area contributed by atoms with Crippen molar-refractivity contribution in [2.75, 3.05) is 118 Å². The van der Waals surface area contributed by atoms with Crippen LogP contribution in [0.25, 0.3) is 10.9 Å². The van der Waals surface area contributed by atoms with Crippen LogP contribution < -0.4 is 53.6 Å². The first-order valence-electron chi connectivity index (χ1n) is 38.4. The van der Waals surface area contributed by atoms with Gasteiger partial charge in [0.2, 0.25) is 59.1 Å². The van der Waals surface area contributed by atoms with Gasteiger partial charge in [-0.3, -0.25) is 96.5 Å². The standard InChI is InChI=1S/C76H113N19O17/c1-47(2)33-55(40-95-22-12-17-62(95)50(6)96)84-74(110)61(36-54-38-78-46-81-54)85-64(98)39-80-76(112)70(48(3)4)89-71(107)49(5)82-73(109)60(35-52-37-79-57-16-11-10-15-56(52)57)88-72(108)58(18-19-63(77)97)87-75(111)59(34-51-13-8-7-9-14-51)86-66(100)42-90-23-20-53(21-24-90)83-65(99)41-91-25-27-92(43-67(101)102)29-31-94(45-69(105)106)32-30-93(28-26-91)44-68(103)104/h7-11,13-16,37-38,46-49,53,55,58-62,70,79H,12,17-36,39-45H2,1-6H3,(H2,77,97)(H,78,81)(H,80,112)(H,82,109)(H,83,99)(H,84,110)(H,85,98)(H,86,100)(H,87,111)(H,88,108)(H,89,107)(H,101,102)(H,103,104)(H,105,106)/t49-,55-,58-,59+,60-,61-,62-,70-/m0/s1. The van der Waals surface area contributed by atoms with Gasteiger partial charge in [0, 0.05) is 139 Å². The zero-order valence-electron chi connectivity index (χ0n) is 64.8. The number of aromatic nitrogens is 3. The molecule has 10 amide bonds. The molecule has 3 aliphatic rings. The number of aliphatic carboxylic acids is 3. The molecule has 0 saturated carbocycles. The molecule has 0 bridgehead atoms. The van der Waals surface area contributed by atoms with E-state index >= 15 is 0 Å². The minimum Gasteiger partial charge on any atom is -0.480 e. The number of carbonyl (C=O) groups excluding carboxylic acids is 11. The molecule has 7 rings (SSSR count). The fourth-order valence-electron chi connectivity index (χ4n) is 14.2. The molecule has 4 aromatic rings. The largest absolute Gasteiger partial charge is 0.480 e. The number of para-hydroxylation sites is 1. The predicted molar refractivity (Wildman–Crippen MR) is 411 cm³/mol. The van der Waals surface area contributed by atoms with E-state index in [2.05, 4.69) is 67.7 Å². The number of fused-ring (bicyclic) bond motifs is 1. The molecule has 0 aliphatic carbocycles. The van der Waals surface area contributed by atoms with E-state index in [9.17, 15) is 82.4 Å². The fraction of sp³-hybridized carbons (Fsp3) is 0.592. The number of H-pyrrole nitrogens is 2. The van der Waals surface area contributed by atoms with E-state index in [1.54, 1.807) is 90.2 Å². The first-order valence-corrected chi connectivity index (χ1v) is 38.4. The van der Waals surface area contributed by atoms with Crippen molar-refractivity contribution in [3.63, 3.8) is 0 Å². The van der Waals surface area contributed by atoms with E-state index < -0.39 is 126 Å². The molecule has 2 aromatic carbocycles. The number of amides is 10. The second kappa shape index (κ2) is 44.7. The van der Waals surface area contributed by atoms with Gasteiger partial charge in [0.05, 0.1) is 51.6 Å². The van der Waals surface area contributed by atoms with E-state index in [4.69, 9.17) is 5.73 Å². The van der Waals surface area contributed by atoms with Crippen molar-refractivity contribution in [1.82, 2.24) is 92.2 Å². The Morgan fingerprint density at radius 3 is 1.63 bits per heavy atom. The van der Waals surface area contributed by atoms with Gasteiger partial charge in [0.1, 0.15) is 42.0 Å². The van der Waals surface area contributed by atoms with E-state index in [1.807, 2.05) is 29.7 Å². The number of imidazole rings is 1. The molecule has 3 aliphatic heterocycles. The maximum atomic E-state index is 14.8. The summed E-state index contributed by atoms with van der Waals surface area (Å²) < 4.78 is 0. The summed E-state index contributed by atoms with van der Waals surface area (Å²) in [6.07, 6.45) is 6.73. The number of ketones is 1. The zero-order valence-corrected chi connectivity index (χ0v) is 64.8. The Morgan fingerprint density at radius 1 is 0.536 bits per heavy atom. The number of aromatic amines is 2. The summed E-state index contributed by atoms with van der Waals surface area (Å²) in [4.78, 5) is 209. The highest BCUT2D eigenvalue weighted by Gasteiger charge is 2.37. The molecule has 36 heteroatoms. The molecule has 0 unspecified atom stereocenters. The van der Waals surface area contributed by atoms with Crippen LogP contribution in [0.2, 0.25) is 0 Å². The summed E-state index contributed by atoms with van der Waals surface area (Å²) in [5.74, 6) is -10.6. The third kappa shape index (κ3) is 30.4. The minimum absolute atomic E-state index is 0.0276. The minimum atomic E-state index is -1.53. The van der Waals surface area contributed by atoms with Gasteiger partial charge in [-0.15, -0.1) is 0 Å². The smallest absolute Gasteiger partial charge is 0.317 e. The highest BCUT2D eigenvalue weighted by Crippen LogP contribution is 2.22. The first-order chi connectivity index (χ1) is 53.3. The molecule has 0 radical (unpaired) electrons. The monoisotopic (exact) mass is 1560 g/mol. The lowest BCUT2D eigenvalue weighted by atomic mass is 10.0. The third-order valence-electron chi connectivity index (χ3n) is 20.1. The second-order valence-corrected chi connectivity index (χ2v) is 30.1. The average molecular weight is 1560 g/mol. The number of hydrogen-bond acceptors (Lipinski definition) is 21. The summed E-state index contributed by atoms with van der Waals surface area (Å²) in [6.45, 7) is 12.2. The van der Waals surface area contributed by atoms with Crippen molar-refractivity contribution < 1.29 is 82.4 Å². The maximum absolute atomic E-state index is 14.8. The summed E-state index contributed by atoms with van der Waals surface area (Å²) in [5, 5.41) is 54.6. The molecule has 614 valence electrons. The lowest BCUT2D eigenvalue weighted by Crippen LogP contribution is -2.60. The molecule has 16 N–H and O–H groups in total. The van der Waals surface area contributed by atoms with E-state index in [0.29, 0.717) is 73.2 Å². The van der Waals surface area contributed by atoms with Crippen LogP contribution in [0.4, 0.5) is 0 Å². The number of piperidine rings is 1. The molecule has 3 saturated heterocycles. The maximum Gasteiger partial charge on any atom is 0.317 e. The Bertz CT molecular complexity index is 3800. The average Bonchev–Trinajstić information content (AvgIpc) is 1.70. The molecule has 3 fully saturated rings. The van der Waals surface area contributed by atoms with Crippen LogP contribution in [-0.4, -0.2) is 315 Å². The predicted octanol–water partition coefficient (Wildman–Crippen LogP) is -2.47. The van der Waals surface area contributed by atoms with Gasteiger partial charge in [0.25, 0.3) is 0 Å². The number of carboxylic acids is 3. The van der Waals surface area contributed by atoms with E-state index in [0.717, 1.165) is 12.8 Å². The SMILES string of the molecule is CC(=O)[C@@H]1CCCN1C[C@H](CC(C)C)NC(=O)[C@H](Cc1cnc[nH]1)NC(=O)CNC(=O)[C@@H](NC(=O)[C@H](C)NC(=O)[C@H](Cc1c[nH]c2ccccc12)NC(=O)[C@H](CCC(N)=O)NC(=O)[C@@H](Cc1ccccc1)NC(=O)CN1CCC(NC(=O)CN2CCN(CC(=O)O)CCN(CC(=O)O)CCN(CC(=O)O)CC2)CC1)C(C)C. The summed E-state index contributed by atoms with van der Waals surface area (Å²) in [7, 11) is 0. The normalized spacial score (nSPS) is 18.1. The van der Waals surface area contributed by atoms with Gasteiger partial charge in [-0.05, 0) is 87.9 Å². The molecule has 5 heterocycles. The van der Waals surface area contributed by atoms with Crippen LogP contribution in [0.1, 0.15) is 103 Å². The van der Waals surface area contributed by atoms with Crippen molar-refractivity contribution in [2.24, 2.45) is 17.6 Å². The van der Waals surface area contributed by atoms with Crippen LogP contribution in [0.15, 0.2) is 73.3 Å². The van der Waals surface area contributed by atoms with Crippen molar-refractivity contribution in [1.29, 1.82) is 0 Å².